The van der Waals surface area contributed by atoms with Gasteiger partial charge in [0.05, 0.1) is 13.0 Å². The molecule has 0 bridgehead atoms. The fraction of sp³-hybridized carbons (Fsp3) is 0.480. The molecule has 0 aromatic heterocycles. The van der Waals surface area contributed by atoms with E-state index in [1.165, 1.54) is 19.1 Å². The van der Waals surface area contributed by atoms with Gasteiger partial charge in [-0.3, -0.25) is 34.2 Å². The van der Waals surface area contributed by atoms with Crippen LogP contribution in [0.15, 0.2) is 36.1 Å². The lowest BCUT2D eigenvalue weighted by molar-refractivity contribution is -0.141. The molecule has 0 unspecified atom stereocenters. The van der Waals surface area contributed by atoms with E-state index in [9.17, 15) is 39.0 Å². The zero-order valence-corrected chi connectivity index (χ0v) is 22.9. The Bertz CT molecular complexity index is 1100. The first-order valence-corrected chi connectivity index (χ1v) is 12.7. The third-order valence-corrected chi connectivity index (χ3v) is 5.76. The first kappa shape index (κ1) is 34.1. The van der Waals surface area contributed by atoms with E-state index in [0.29, 0.717) is 12.0 Å². The van der Waals surface area contributed by atoms with Gasteiger partial charge in [0.15, 0.2) is 5.96 Å². The Kier molecular flexibility index (Phi) is 14.1. The maximum Gasteiger partial charge on any atom is 0.305 e. The van der Waals surface area contributed by atoms with Gasteiger partial charge in [-0.05, 0) is 38.3 Å². The molecule has 11 N–H and O–H groups in total. The van der Waals surface area contributed by atoms with Gasteiger partial charge in [0, 0.05) is 13.0 Å². The maximum atomic E-state index is 13.2. The van der Waals surface area contributed by atoms with Crippen molar-refractivity contribution in [1.29, 1.82) is 5.41 Å². The molecule has 4 atom stereocenters. The number of carboxylic acids is 1. The second kappa shape index (κ2) is 16.9. The van der Waals surface area contributed by atoms with Crippen LogP contribution in [0.1, 0.15) is 39.5 Å². The Morgan fingerprint density at radius 3 is 2.17 bits per heavy atom. The van der Waals surface area contributed by atoms with Crippen LogP contribution in [-0.4, -0.2) is 88.9 Å². The summed E-state index contributed by atoms with van der Waals surface area (Å²) in [6, 6.07) is -5.23. The fourth-order valence-corrected chi connectivity index (χ4v) is 3.60. The van der Waals surface area contributed by atoms with E-state index >= 15 is 0 Å². The van der Waals surface area contributed by atoms with E-state index in [2.05, 4.69) is 38.5 Å². The molecule has 16 nitrogen and oxygen atoms in total. The molecule has 0 saturated carbocycles. The van der Waals surface area contributed by atoms with Crippen molar-refractivity contribution < 1.29 is 39.0 Å². The van der Waals surface area contributed by atoms with E-state index in [1.54, 1.807) is 13.0 Å². The number of aliphatic hydroxyl groups is 1. The number of amides is 5. The Labute approximate surface area is 236 Å². The van der Waals surface area contributed by atoms with Crippen LogP contribution in [0.3, 0.4) is 0 Å². The predicted octanol–water partition coefficient (Wildman–Crippen LogP) is -2.22. The highest BCUT2D eigenvalue weighted by atomic mass is 16.4. The molecule has 5 amide bonds. The van der Waals surface area contributed by atoms with E-state index in [4.69, 9.17) is 11.1 Å². The molecule has 0 aliphatic carbocycles. The second-order valence-corrected chi connectivity index (χ2v) is 9.16. The Morgan fingerprint density at radius 1 is 0.976 bits per heavy atom. The van der Waals surface area contributed by atoms with Crippen LogP contribution in [-0.2, 0) is 28.8 Å². The van der Waals surface area contributed by atoms with Crippen molar-refractivity contribution in [2.45, 2.75) is 63.7 Å². The third kappa shape index (κ3) is 13.1. The van der Waals surface area contributed by atoms with Crippen LogP contribution in [0.2, 0.25) is 0 Å². The molecule has 1 saturated heterocycles. The van der Waals surface area contributed by atoms with Gasteiger partial charge in [-0.1, -0.05) is 18.7 Å². The van der Waals surface area contributed by atoms with Crippen LogP contribution in [0.25, 0.3) is 0 Å². The zero-order chi connectivity index (χ0) is 31.1. The molecule has 0 radical (unpaired) electrons. The summed E-state index contributed by atoms with van der Waals surface area (Å²) >= 11 is 0. The molecule has 0 aromatic rings. The molecule has 16 heteroatoms. The minimum Gasteiger partial charge on any atom is -0.509 e. The predicted molar refractivity (Wildman–Crippen MR) is 147 cm³/mol. The normalized spacial score (nSPS) is 23.2. The molecule has 1 heterocycles. The topological polar surface area (TPSA) is 265 Å². The van der Waals surface area contributed by atoms with E-state index in [0.717, 1.165) is 0 Å². The van der Waals surface area contributed by atoms with Crippen molar-refractivity contribution in [2.24, 2.45) is 5.73 Å². The molecule has 41 heavy (non-hydrogen) atoms. The second-order valence-electron chi connectivity index (χ2n) is 9.16. The number of rotatable bonds is 10. The number of carbonyl (C=O) groups excluding carboxylic acids is 5. The minimum absolute atomic E-state index is 0.0809. The van der Waals surface area contributed by atoms with E-state index in [1.807, 2.05) is 0 Å². The largest absolute Gasteiger partial charge is 0.509 e. The molecule has 1 fully saturated rings. The summed E-state index contributed by atoms with van der Waals surface area (Å²) in [5, 5.41) is 40.4. The molecular formula is C25H38N8O8. The average Bonchev–Trinajstić information content (AvgIpc) is 2.88. The van der Waals surface area contributed by atoms with Crippen molar-refractivity contribution in [2.75, 3.05) is 13.1 Å². The van der Waals surface area contributed by atoms with Gasteiger partial charge in [-0.25, -0.2) is 0 Å². The monoisotopic (exact) mass is 578 g/mol. The molecular weight excluding hydrogens is 540 g/mol. The molecule has 226 valence electrons. The quantitative estimate of drug-likeness (QED) is 0.0438. The summed E-state index contributed by atoms with van der Waals surface area (Å²) in [5.74, 6) is -6.09. The first-order valence-electron chi connectivity index (χ1n) is 12.7. The summed E-state index contributed by atoms with van der Waals surface area (Å²) < 4.78 is 0. The van der Waals surface area contributed by atoms with Crippen molar-refractivity contribution in [3.63, 3.8) is 0 Å². The van der Waals surface area contributed by atoms with E-state index in [-0.39, 0.29) is 31.1 Å². The van der Waals surface area contributed by atoms with Gasteiger partial charge in [0.1, 0.15) is 29.9 Å². The highest BCUT2D eigenvalue weighted by molar-refractivity contribution is 5.97. The molecule has 0 aromatic carbocycles. The summed E-state index contributed by atoms with van der Waals surface area (Å²) in [4.78, 5) is 75.8. The van der Waals surface area contributed by atoms with Gasteiger partial charge >= 0.3 is 5.97 Å². The zero-order valence-electron chi connectivity index (χ0n) is 22.9. The highest BCUT2D eigenvalue weighted by Gasteiger charge is 2.32. The van der Waals surface area contributed by atoms with E-state index < -0.39 is 72.6 Å². The first-order chi connectivity index (χ1) is 19.2. The summed E-state index contributed by atoms with van der Waals surface area (Å²) in [7, 11) is 0. The summed E-state index contributed by atoms with van der Waals surface area (Å²) in [6.07, 6.45) is 3.75. The van der Waals surface area contributed by atoms with Gasteiger partial charge < -0.3 is 47.8 Å². The number of allylic oxidation sites excluding steroid dienone is 3. The van der Waals surface area contributed by atoms with Crippen molar-refractivity contribution in [3.05, 3.63) is 36.1 Å². The van der Waals surface area contributed by atoms with Crippen LogP contribution >= 0.6 is 0 Å². The lowest BCUT2D eigenvalue weighted by Gasteiger charge is -2.24. The fourth-order valence-electron chi connectivity index (χ4n) is 3.60. The Hall–Kier alpha value is -4.89. The number of carbonyl (C=O) groups is 6. The van der Waals surface area contributed by atoms with Crippen LogP contribution in [0.4, 0.5) is 0 Å². The van der Waals surface area contributed by atoms with Crippen molar-refractivity contribution in [1.82, 2.24) is 31.9 Å². The number of nitrogens with two attached hydrogens (primary N) is 1. The smallest absolute Gasteiger partial charge is 0.305 e. The van der Waals surface area contributed by atoms with Gasteiger partial charge in [0.2, 0.25) is 29.5 Å². The number of aliphatic hydroxyl groups excluding tert-OH is 1. The number of aliphatic carboxylic acids is 1. The lowest BCUT2D eigenvalue weighted by Crippen LogP contribution is -2.57. The van der Waals surface area contributed by atoms with Crippen LogP contribution in [0.5, 0.6) is 0 Å². The highest BCUT2D eigenvalue weighted by Crippen LogP contribution is 2.11. The maximum absolute atomic E-state index is 13.2. The number of nitrogens with one attached hydrogen (secondary N) is 7. The molecule has 1 rings (SSSR count). The number of carboxylic acid groups (broad SMARTS) is 1. The van der Waals surface area contributed by atoms with Gasteiger partial charge in [-0.15, -0.1) is 0 Å². The minimum atomic E-state index is -1.59. The molecule has 0 spiro atoms. The van der Waals surface area contributed by atoms with Crippen molar-refractivity contribution in [3.8, 4) is 0 Å². The number of guanidine groups is 1. The summed E-state index contributed by atoms with van der Waals surface area (Å²) in [6.45, 7) is 5.94. The van der Waals surface area contributed by atoms with Gasteiger partial charge in [0.25, 0.3) is 0 Å². The lowest BCUT2D eigenvalue weighted by atomic mass is 10.0. The SMILES string of the molecule is C=C(O)/C=C\C(=C/C)C[C@@H]1NC(=O)[C@H](CC(=O)O)NC(=O)CNC(=O)[C@H](CCCNC(=N)N)NC(=O)[C@@H](C)NC1=O. The van der Waals surface area contributed by atoms with Crippen LogP contribution in [0, 0.1) is 5.41 Å². The molecule has 1 aliphatic heterocycles. The number of hydrogen-bond acceptors (Lipinski definition) is 8. The van der Waals surface area contributed by atoms with Crippen LogP contribution < -0.4 is 37.6 Å². The summed E-state index contributed by atoms with van der Waals surface area (Å²) in [5.41, 5.74) is 5.72. The third-order valence-electron chi connectivity index (χ3n) is 5.76. The van der Waals surface area contributed by atoms with Gasteiger partial charge in [-0.2, -0.15) is 0 Å². The average molecular weight is 579 g/mol. The Morgan fingerprint density at radius 2 is 1.59 bits per heavy atom. The Balaban J connectivity index is 3.34. The number of hydrogen-bond donors (Lipinski definition) is 10. The molecule has 1 aliphatic rings. The standard InChI is InChI=1S/C25H38N8O8/c1-4-15(8-7-13(2)34)10-17-23(40)30-14(3)21(38)32-16(6-5-9-28-25(26)27)22(39)29-12-19(35)31-18(11-20(36)37)24(41)33-17/h4,7-8,14,16-18,34H,2,5-6,9-12H2,1,3H3,(H,29,39)(H,30,40)(H,31,35)(H,32,38)(H,33,41)(H,36,37)(H4,26,27,28)/b8-7-,15-4+/t14-,16+,17+,18+/m1/s1. The van der Waals surface area contributed by atoms with Crippen molar-refractivity contribution >= 4 is 41.5 Å².